The lowest BCUT2D eigenvalue weighted by atomic mass is 10.1. The third-order valence-corrected chi connectivity index (χ3v) is 3.94. The maximum absolute atomic E-state index is 9.10. The summed E-state index contributed by atoms with van der Waals surface area (Å²) >= 11 is 0. The molecule has 0 N–H and O–H groups in total. The van der Waals surface area contributed by atoms with Crippen molar-refractivity contribution in [3.8, 4) is 0 Å². The van der Waals surface area contributed by atoms with Gasteiger partial charge in [0, 0.05) is 0 Å². The third kappa shape index (κ3) is 18.2. The predicted octanol–water partition coefficient (Wildman–Crippen LogP) is 3.65. The van der Waals surface area contributed by atoms with Crippen molar-refractivity contribution in [3.05, 3.63) is 0 Å². The first kappa shape index (κ1) is 24.4. The second kappa shape index (κ2) is 14.7. The SMILES string of the molecule is CCCC[N+](CCCC)(CCCC)CCCC.CP(=O)([O-])[O-].[H+]. The van der Waals surface area contributed by atoms with Crippen LogP contribution < -0.4 is 9.79 Å². The van der Waals surface area contributed by atoms with E-state index in [4.69, 9.17) is 14.4 Å². The number of hydrogen-bond acceptors (Lipinski definition) is 3. The van der Waals surface area contributed by atoms with Gasteiger partial charge in [-0.3, -0.25) is 0 Å². The fraction of sp³-hybridized carbons (Fsp3) is 1.00. The van der Waals surface area contributed by atoms with Crippen molar-refractivity contribution in [2.75, 3.05) is 32.8 Å². The zero-order valence-electron chi connectivity index (χ0n) is 16.6. The molecule has 22 heavy (non-hydrogen) atoms. The third-order valence-electron chi connectivity index (χ3n) is 3.94. The van der Waals surface area contributed by atoms with Crippen molar-refractivity contribution >= 4 is 7.60 Å². The second-order valence-electron chi connectivity index (χ2n) is 6.42. The minimum absolute atomic E-state index is 0. The lowest BCUT2D eigenvalue weighted by Crippen LogP contribution is -2.50. The van der Waals surface area contributed by atoms with Crippen LogP contribution in [0.5, 0.6) is 0 Å². The van der Waals surface area contributed by atoms with E-state index >= 15 is 0 Å². The van der Waals surface area contributed by atoms with E-state index < -0.39 is 7.60 Å². The standard InChI is InChI=1S/C16H36N.CH5O3P/c1-5-9-13-17(14-10-6-2,15-11-7-3)16-12-8-4;1-5(2,3)4/h5-16H2,1-4H3;1H3,(H2,2,3,4)/q+1;/p-1. The van der Waals surface area contributed by atoms with Gasteiger partial charge in [0.05, 0.1) is 26.2 Å². The monoisotopic (exact) mass is 337 g/mol. The Morgan fingerprint density at radius 3 is 1.05 bits per heavy atom. The number of quaternary nitrogens is 1. The number of hydrogen-bond donors (Lipinski definition) is 0. The van der Waals surface area contributed by atoms with Crippen molar-refractivity contribution in [1.29, 1.82) is 0 Å². The van der Waals surface area contributed by atoms with Gasteiger partial charge in [0.25, 0.3) is 0 Å². The van der Waals surface area contributed by atoms with E-state index in [9.17, 15) is 0 Å². The van der Waals surface area contributed by atoms with Crippen LogP contribution in [0.2, 0.25) is 0 Å². The Bertz CT molecular complexity index is 239. The summed E-state index contributed by atoms with van der Waals surface area (Å²) in [7, 11) is -4.14. The van der Waals surface area contributed by atoms with Crippen molar-refractivity contribution in [2.45, 2.75) is 79.1 Å². The van der Waals surface area contributed by atoms with Crippen LogP contribution in [0.15, 0.2) is 0 Å². The van der Waals surface area contributed by atoms with Crippen molar-refractivity contribution in [3.63, 3.8) is 0 Å². The maximum Gasteiger partial charge on any atom is 1.00 e. The summed E-state index contributed by atoms with van der Waals surface area (Å²) in [5.74, 6) is 0. The van der Waals surface area contributed by atoms with Gasteiger partial charge in [0.2, 0.25) is 0 Å². The lowest BCUT2D eigenvalue weighted by Gasteiger charge is -2.39. The molecule has 0 aliphatic rings. The Morgan fingerprint density at radius 2 is 0.909 bits per heavy atom. The average Bonchev–Trinajstić information content (AvgIpc) is 2.44. The minimum atomic E-state index is -4.14. The summed E-state index contributed by atoms with van der Waals surface area (Å²) in [6.45, 7) is 15.7. The summed E-state index contributed by atoms with van der Waals surface area (Å²) in [6, 6.07) is 0. The molecule has 0 aromatic rings. The highest BCUT2D eigenvalue weighted by atomic mass is 31.2. The molecule has 0 rings (SSSR count). The van der Waals surface area contributed by atoms with E-state index in [1.165, 1.54) is 82.0 Å². The molecule has 0 heterocycles. The topological polar surface area (TPSA) is 63.2 Å². The van der Waals surface area contributed by atoms with Gasteiger partial charge >= 0.3 is 1.43 Å². The van der Waals surface area contributed by atoms with Crippen LogP contribution in [0.1, 0.15) is 80.5 Å². The van der Waals surface area contributed by atoms with E-state index in [0.29, 0.717) is 6.66 Å². The molecule has 0 unspecified atom stereocenters. The zero-order valence-corrected chi connectivity index (χ0v) is 16.5. The summed E-state index contributed by atoms with van der Waals surface area (Å²) in [5.41, 5.74) is 0. The van der Waals surface area contributed by atoms with E-state index in [1.54, 1.807) is 0 Å². The van der Waals surface area contributed by atoms with Crippen LogP contribution in [-0.2, 0) is 4.57 Å². The van der Waals surface area contributed by atoms with Gasteiger partial charge in [-0.15, -0.1) is 0 Å². The van der Waals surface area contributed by atoms with Crippen molar-refractivity contribution < 1.29 is 20.3 Å². The van der Waals surface area contributed by atoms with Gasteiger partial charge in [-0.25, -0.2) is 0 Å². The van der Waals surface area contributed by atoms with Crippen molar-refractivity contribution in [2.24, 2.45) is 0 Å². The smallest absolute Gasteiger partial charge is 0.811 e. The maximum atomic E-state index is 9.10. The molecule has 0 aliphatic heterocycles. The highest BCUT2D eigenvalue weighted by molar-refractivity contribution is 7.47. The van der Waals surface area contributed by atoms with Gasteiger partial charge < -0.3 is 18.8 Å². The first-order valence-corrected chi connectivity index (χ1v) is 11.1. The number of nitrogens with zero attached hydrogens (tertiary/aromatic N) is 1. The Labute approximate surface area is 140 Å². The summed E-state index contributed by atoms with van der Waals surface area (Å²) in [5, 5.41) is 0. The molecule has 0 saturated carbocycles. The molecular formula is C17H40NO3P. The molecule has 0 radical (unpaired) electrons. The molecule has 0 saturated heterocycles. The summed E-state index contributed by atoms with van der Waals surface area (Å²) < 4.78 is 10.5. The fourth-order valence-corrected chi connectivity index (χ4v) is 2.64. The zero-order chi connectivity index (χ0) is 17.5. The Kier molecular flexibility index (Phi) is 16.3. The summed E-state index contributed by atoms with van der Waals surface area (Å²) in [6.07, 6.45) is 11.1. The molecule has 0 atom stereocenters. The van der Waals surface area contributed by atoms with Crippen LogP contribution in [0.25, 0.3) is 0 Å². The molecule has 4 nitrogen and oxygen atoms in total. The number of rotatable bonds is 12. The van der Waals surface area contributed by atoms with Gasteiger partial charge in [-0.2, -0.15) is 0 Å². The van der Waals surface area contributed by atoms with Gasteiger partial charge in [0.1, 0.15) is 0 Å². The quantitative estimate of drug-likeness (QED) is 0.403. The van der Waals surface area contributed by atoms with Gasteiger partial charge in [-0.1, -0.05) is 61.0 Å². The average molecular weight is 337 g/mol. The van der Waals surface area contributed by atoms with Crippen LogP contribution in [0, 0.1) is 0 Å². The molecule has 0 bridgehead atoms. The molecule has 0 aliphatic carbocycles. The van der Waals surface area contributed by atoms with E-state index in [-0.39, 0.29) is 1.43 Å². The van der Waals surface area contributed by atoms with E-state index in [1.807, 2.05) is 0 Å². The predicted molar refractivity (Wildman–Crippen MR) is 94.0 cm³/mol. The van der Waals surface area contributed by atoms with Crippen LogP contribution in [-0.4, -0.2) is 37.3 Å². The molecule has 136 valence electrons. The normalized spacial score (nSPS) is 12.0. The molecule has 0 amide bonds. The minimum Gasteiger partial charge on any atom is -0.811 e. The molecule has 0 aromatic carbocycles. The van der Waals surface area contributed by atoms with Gasteiger partial charge in [0.15, 0.2) is 0 Å². The fourth-order valence-electron chi connectivity index (χ4n) is 2.64. The summed E-state index contributed by atoms with van der Waals surface area (Å²) in [4.78, 5) is 18.2. The van der Waals surface area contributed by atoms with E-state index in [2.05, 4.69) is 27.7 Å². The van der Waals surface area contributed by atoms with Crippen molar-refractivity contribution in [1.82, 2.24) is 0 Å². The highest BCUT2D eigenvalue weighted by Crippen LogP contribution is 2.16. The Morgan fingerprint density at radius 1 is 0.727 bits per heavy atom. The Balaban J connectivity index is -0.000000578. The molecule has 0 spiro atoms. The second-order valence-corrected chi connectivity index (χ2v) is 7.96. The van der Waals surface area contributed by atoms with Crippen LogP contribution >= 0.6 is 7.60 Å². The molecule has 0 fully saturated rings. The first-order chi connectivity index (χ1) is 10.2. The van der Waals surface area contributed by atoms with Gasteiger partial charge in [-0.05, 0) is 32.3 Å². The van der Waals surface area contributed by atoms with Crippen LogP contribution in [0.3, 0.4) is 0 Å². The van der Waals surface area contributed by atoms with Crippen LogP contribution in [0.4, 0.5) is 0 Å². The molecule has 5 heteroatoms. The number of unbranched alkanes of at least 4 members (excludes halogenated alkanes) is 4. The Hall–Kier alpha value is 0.110. The lowest BCUT2D eigenvalue weighted by molar-refractivity contribution is -0.929. The highest BCUT2D eigenvalue weighted by Gasteiger charge is 2.24. The first-order valence-electron chi connectivity index (χ1n) is 9.09. The largest absolute Gasteiger partial charge is 1.00 e. The van der Waals surface area contributed by atoms with E-state index in [0.717, 1.165) is 0 Å². The molecule has 0 aromatic heterocycles. The molecular weight excluding hydrogens is 297 g/mol.